The maximum absolute atomic E-state index is 13.4. The number of hydrogen-bond acceptors (Lipinski definition) is 4. The summed E-state index contributed by atoms with van der Waals surface area (Å²) in [5.74, 6) is 0. The van der Waals surface area contributed by atoms with Crippen LogP contribution in [-0.2, 0) is 20.7 Å². The molecule has 0 aliphatic rings. The van der Waals surface area contributed by atoms with E-state index in [1.165, 1.54) is 0 Å². The van der Waals surface area contributed by atoms with Gasteiger partial charge in [0, 0.05) is 10.4 Å². The van der Waals surface area contributed by atoms with Crippen molar-refractivity contribution < 1.29 is 12.6 Å². The van der Waals surface area contributed by atoms with Gasteiger partial charge in [-0.25, -0.2) is 4.98 Å². The van der Waals surface area contributed by atoms with Crippen molar-refractivity contribution in [3.8, 4) is 0 Å². The van der Waals surface area contributed by atoms with Gasteiger partial charge >= 0.3 is 0 Å². The predicted octanol–water partition coefficient (Wildman–Crippen LogP) is 9.48. The number of nitrogens with zero attached hydrogens (tertiary/aromatic N) is 1. The minimum atomic E-state index is -4.00. The third kappa shape index (κ3) is 7.24. The number of rotatable bonds is 10. The second-order valence-corrected chi connectivity index (χ2v) is 12.4. The van der Waals surface area contributed by atoms with Gasteiger partial charge < -0.3 is 0 Å². The molecule has 42 heavy (non-hydrogen) atoms. The Bertz CT molecular complexity index is 1880. The largest absolute Gasteiger partial charge is 0.297 e. The fraction of sp³-hybridized carbons (Fsp3) is 0.139. The Morgan fingerprint density at radius 2 is 1.69 bits per heavy atom. The minimum absolute atomic E-state index is 0.138. The molecule has 0 unspecified atom stereocenters. The Labute approximate surface area is 253 Å². The van der Waals surface area contributed by atoms with Crippen molar-refractivity contribution >= 4 is 50.3 Å². The van der Waals surface area contributed by atoms with E-state index in [1.54, 1.807) is 24.3 Å². The van der Waals surface area contributed by atoms with Crippen LogP contribution in [0.2, 0.25) is 5.02 Å². The van der Waals surface area contributed by atoms with E-state index in [2.05, 4.69) is 12.6 Å². The summed E-state index contributed by atoms with van der Waals surface area (Å²) in [5.41, 5.74) is 7.41. The first-order valence-electron chi connectivity index (χ1n) is 13.8. The lowest BCUT2D eigenvalue weighted by molar-refractivity contribution is 0.203. The molecule has 5 rings (SSSR count). The zero-order valence-electron chi connectivity index (χ0n) is 23.6. The lowest BCUT2D eigenvalue weighted by atomic mass is 9.95. The molecular weight excluding hydrogens is 562 g/mol. The standard InChI is InChI=1S/C36H32ClNO3S/c1-25(2)34-10-5-4-8-28(34)16-22-36(41-42(39,40)33-20-11-26(3)12-21-33)30-9-6-7-27(23-30)13-18-32-19-15-29-14-17-31(37)24-35(29)38-32/h4-15,17-21,23-24,36H,1,16,22H2,2-3H3/t36-/m0/s1. The van der Waals surface area contributed by atoms with Crippen molar-refractivity contribution in [1.29, 1.82) is 0 Å². The fourth-order valence-corrected chi connectivity index (χ4v) is 6.13. The van der Waals surface area contributed by atoms with E-state index in [4.69, 9.17) is 20.8 Å². The highest BCUT2D eigenvalue weighted by molar-refractivity contribution is 7.86. The molecule has 0 amide bonds. The third-order valence-electron chi connectivity index (χ3n) is 7.11. The van der Waals surface area contributed by atoms with Gasteiger partial charge in [-0.05, 0) is 91.4 Å². The molecule has 0 N–H and O–H groups in total. The van der Waals surface area contributed by atoms with Gasteiger partial charge in [-0.2, -0.15) is 8.42 Å². The normalized spacial score (nSPS) is 12.5. The first kappa shape index (κ1) is 29.5. The number of halogens is 1. The van der Waals surface area contributed by atoms with Crippen LogP contribution in [0.4, 0.5) is 0 Å². The summed E-state index contributed by atoms with van der Waals surface area (Å²) in [4.78, 5) is 4.84. The lowest BCUT2D eigenvalue weighted by Crippen LogP contribution is -2.14. The summed E-state index contributed by atoms with van der Waals surface area (Å²) in [5, 5.41) is 1.66. The number of aromatic nitrogens is 1. The molecule has 4 aromatic carbocycles. The smallest absolute Gasteiger partial charge is 0.258 e. The van der Waals surface area contributed by atoms with E-state index in [0.717, 1.165) is 50.0 Å². The van der Waals surface area contributed by atoms with E-state index in [1.807, 2.05) is 98.8 Å². The Balaban J connectivity index is 1.44. The maximum atomic E-state index is 13.4. The monoisotopic (exact) mass is 593 g/mol. The van der Waals surface area contributed by atoms with E-state index >= 15 is 0 Å². The predicted molar refractivity (Wildman–Crippen MR) is 174 cm³/mol. The van der Waals surface area contributed by atoms with Gasteiger partial charge in [-0.3, -0.25) is 4.18 Å². The topological polar surface area (TPSA) is 56.3 Å². The molecule has 6 heteroatoms. The summed E-state index contributed by atoms with van der Waals surface area (Å²) in [6.07, 6.45) is 4.30. The molecule has 0 fully saturated rings. The molecule has 212 valence electrons. The van der Waals surface area contributed by atoms with Gasteiger partial charge in [0.25, 0.3) is 10.1 Å². The molecule has 5 aromatic rings. The number of fused-ring (bicyclic) bond motifs is 1. The number of allylic oxidation sites excluding steroid dienone is 1. The summed E-state index contributed by atoms with van der Waals surface area (Å²) in [7, 11) is -4.00. The Morgan fingerprint density at radius 1 is 0.929 bits per heavy atom. The average molecular weight is 594 g/mol. The van der Waals surface area contributed by atoms with Gasteiger partial charge in [-0.15, -0.1) is 0 Å². The van der Waals surface area contributed by atoms with Crippen molar-refractivity contribution in [2.24, 2.45) is 0 Å². The molecule has 0 spiro atoms. The van der Waals surface area contributed by atoms with Crippen LogP contribution in [0.5, 0.6) is 0 Å². The second kappa shape index (κ2) is 12.9. The Kier molecular flexibility index (Phi) is 9.03. The summed E-state index contributed by atoms with van der Waals surface area (Å²) >= 11 is 6.15. The molecule has 1 atom stereocenters. The molecule has 4 nitrogen and oxygen atoms in total. The number of hydrogen-bond donors (Lipinski definition) is 0. The number of aryl methyl sites for hydroxylation is 2. The Hall–Kier alpha value is -4.03. The molecule has 1 heterocycles. The molecule has 0 saturated heterocycles. The Morgan fingerprint density at radius 3 is 2.48 bits per heavy atom. The van der Waals surface area contributed by atoms with Crippen LogP contribution < -0.4 is 0 Å². The fourth-order valence-electron chi connectivity index (χ4n) is 4.87. The minimum Gasteiger partial charge on any atom is -0.258 e. The first-order valence-corrected chi connectivity index (χ1v) is 15.5. The molecular formula is C36H32ClNO3S. The zero-order chi connectivity index (χ0) is 29.7. The van der Waals surface area contributed by atoms with Crippen molar-refractivity contribution in [2.45, 2.75) is 37.7 Å². The average Bonchev–Trinajstić information content (AvgIpc) is 2.98. The number of benzene rings is 4. The SMILES string of the molecule is C=C(C)c1ccccc1CC[C@H](OS(=O)(=O)c1ccc(C)cc1)c1cccc(C=Cc2ccc3ccc(Cl)cc3n2)c1. The lowest BCUT2D eigenvalue weighted by Gasteiger charge is -2.20. The van der Waals surface area contributed by atoms with Gasteiger partial charge in [0.2, 0.25) is 0 Å². The van der Waals surface area contributed by atoms with E-state index in [-0.39, 0.29) is 4.90 Å². The zero-order valence-corrected chi connectivity index (χ0v) is 25.2. The van der Waals surface area contributed by atoms with Gasteiger partial charge in [0.15, 0.2) is 0 Å². The summed E-state index contributed by atoms with van der Waals surface area (Å²) in [6.45, 7) is 8.00. The van der Waals surface area contributed by atoms with E-state index < -0.39 is 16.2 Å². The van der Waals surface area contributed by atoms with Crippen LogP contribution in [0.1, 0.15) is 53.0 Å². The van der Waals surface area contributed by atoms with E-state index in [0.29, 0.717) is 17.9 Å². The van der Waals surface area contributed by atoms with Crippen molar-refractivity contribution in [1.82, 2.24) is 4.98 Å². The summed E-state index contributed by atoms with van der Waals surface area (Å²) in [6, 6.07) is 32.1. The quantitative estimate of drug-likeness (QED) is 0.151. The van der Waals surface area contributed by atoms with Gasteiger partial charge in [-0.1, -0.05) is 102 Å². The van der Waals surface area contributed by atoms with Crippen molar-refractivity contribution in [3.05, 3.63) is 148 Å². The van der Waals surface area contributed by atoms with Crippen LogP contribution in [0.3, 0.4) is 0 Å². The number of pyridine rings is 1. The van der Waals surface area contributed by atoms with Crippen LogP contribution in [0.15, 0.2) is 115 Å². The molecule has 0 aliphatic carbocycles. The summed E-state index contributed by atoms with van der Waals surface area (Å²) < 4.78 is 32.7. The van der Waals surface area contributed by atoms with Crippen LogP contribution in [0, 0.1) is 6.92 Å². The highest BCUT2D eigenvalue weighted by Gasteiger charge is 2.24. The second-order valence-electron chi connectivity index (χ2n) is 10.4. The van der Waals surface area contributed by atoms with Crippen LogP contribution in [-0.4, -0.2) is 13.4 Å². The van der Waals surface area contributed by atoms with Crippen molar-refractivity contribution in [2.75, 3.05) is 0 Å². The molecule has 0 saturated carbocycles. The molecule has 0 radical (unpaired) electrons. The highest BCUT2D eigenvalue weighted by atomic mass is 35.5. The molecule has 0 bridgehead atoms. The molecule has 1 aromatic heterocycles. The van der Waals surface area contributed by atoms with Gasteiger partial charge in [0.05, 0.1) is 16.1 Å². The van der Waals surface area contributed by atoms with E-state index in [9.17, 15) is 8.42 Å². The van der Waals surface area contributed by atoms with Crippen LogP contribution >= 0.6 is 11.6 Å². The van der Waals surface area contributed by atoms with Crippen molar-refractivity contribution in [3.63, 3.8) is 0 Å². The highest BCUT2D eigenvalue weighted by Crippen LogP contribution is 2.31. The molecule has 0 aliphatic heterocycles. The third-order valence-corrected chi connectivity index (χ3v) is 8.68. The first-order chi connectivity index (χ1) is 20.2. The van der Waals surface area contributed by atoms with Gasteiger partial charge in [0.1, 0.15) is 6.10 Å². The van der Waals surface area contributed by atoms with Crippen LogP contribution in [0.25, 0.3) is 28.6 Å². The maximum Gasteiger partial charge on any atom is 0.297 e.